The van der Waals surface area contributed by atoms with Crippen molar-refractivity contribution in [2.24, 2.45) is 5.92 Å². The minimum atomic E-state index is -4.23. The molecule has 2 rings (SSSR count). The summed E-state index contributed by atoms with van der Waals surface area (Å²) in [6.07, 6.45) is -3.22. The average Bonchev–Trinajstić information content (AvgIpc) is 2.52. The number of halogens is 3. The van der Waals surface area contributed by atoms with Crippen LogP contribution in [0.1, 0.15) is 18.4 Å². The molecule has 0 radical (unpaired) electrons. The number of amides is 1. The van der Waals surface area contributed by atoms with Crippen LogP contribution in [0.15, 0.2) is 30.3 Å². The molecular weight excluding hydrogens is 305 g/mol. The highest BCUT2D eigenvalue weighted by Crippen LogP contribution is 2.33. The molecule has 0 N–H and O–H groups in total. The van der Waals surface area contributed by atoms with Crippen LogP contribution in [-0.4, -0.2) is 55.1 Å². The molecule has 1 aromatic carbocycles. The standard InChI is InChI=1S/C17H23F3N2O/c1-21(2)15(11-13-7-4-3-5-8-13)16(23)22-10-6-9-14(12-22)17(18,19)20/h3-5,7-8,14-15H,6,9-12H2,1-2H3/t14-,15-/m1/s1. The third-order valence-electron chi connectivity index (χ3n) is 4.38. The zero-order valence-electron chi connectivity index (χ0n) is 13.5. The lowest BCUT2D eigenvalue weighted by atomic mass is 9.96. The van der Waals surface area contributed by atoms with Gasteiger partial charge in [0.15, 0.2) is 0 Å². The Morgan fingerprint density at radius 1 is 1.30 bits per heavy atom. The second kappa shape index (κ2) is 7.34. The summed E-state index contributed by atoms with van der Waals surface area (Å²) in [6, 6.07) is 9.11. The van der Waals surface area contributed by atoms with Crippen LogP contribution < -0.4 is 0 Å². The van der Waals surface area contributed by atoms with Crippen molar-refractivity contribution in [1.82, 2.24) is 9.80 Å². The van der Waals surface area contributed by atoms with Gasteiger partial charge >= 0.3 is 6.18 Å². The van der Waals surface area contributed by atoms with Crippen LogP contribution in [0, 0.1) is 5.92 Å². The molecule has 1 aromatic rings. The van der Waals surface area contributed by atoms with E-state index in [1.807, 2.05) is 30.3 Å². The molecule has 0 bridgehead atoms. The van der Waals surface area contributed by atoms with E-state index in [1.165, 1.54) is 4.90 Å². The zero-order chi connectivity index (χ0) is 17.0. The van der Waals surface area contributed by atoms with Gasteiger partial charge in [0.2, 0.25) is 5.91 Å². The highest BCUT2D eigenvalue weighted by Gasteiger charge is 2.43. The Kier molecular flexibility index (Phi) is 5.68. The van der Waals surface area contributed by atoms with Gasteiger partial charge in [-0.2, -0.15) is 13.2 Å². The maximum absolute atomic E-state index is 12.9. The summed E-state index contributed by atoms with van der Waals surface area (Å²) in [4.78, 5) is 15.9. The van der Waals surface area contributed by atoms with Gasteiger partial charge in [0, 0.05) is 13.1 Å². The maximum atomic E-state index is 12.9. The van der Waals surface area contributed by atoms with Crippen molar-refractivity contribution in [3.05, 3.63) is 35.9 Å². The first-order valence-corrected chi connectivity index (χ1v) is 7.85. The van der Waals surface area contributed by atoms with Gasteiger partial charge in [-0.05, 0) is 38.9 Å². The molecule has 1 heterocycles. The van der Waals surface area contributed by atoms with Crippen molar-refractivity contribution in [2.75, 3.05) is 27.2 Å². The molecule has 1 saturated heterocycles. The van der Waals surface area contributed by atoms with Crippen LogP contribution in [0.5, 0.6) is 0 Å². The molecule has 6 heteroatoms. The number of likely N-dealkylation sites (tertiary alicyclic amines) is 1. The average molecular weight is 328 g/mol. The minimum absolute atomic E-state index is 0.110. The van der Waals surface area contributed by atoms with Gasteiger partial charge in [0.25, 0.3) is 0 Å². The number of carbonyl (C=O) groups is 1. The molecule has 3 nitrogen and oxygen atoms in total. The van der Waals surface area contributed by atoms with Crippen LogP contribution in [0.25, 0.3) is 0 Å². The lowest BCUT2D eigenvalue weighted by Crippen LogP contribution is -2.52. The first-order chi connectivity index (χ1) is 10.8. The fraction of sp³-hybridized carbons (Fsp3) is 0.588. The van der Waals surface area contributed by atoms with Crippen molar-refractivity contribution >= 4 is 5.91 Å². The largest absolute Gasteiger partial charge is 0.393 e. The van der Waals surface area contributed by atoms with Gasteiger partial charge in [-0.15, -0.1) is 0 Å². The SMILES string of the molecule is CN(C)[C@H](Cc1ccccc1)C(=O)N1CCC[C@@H](C(F)(F)F)C1. The van der Waals surface area contributed by atoms with Gasteiger partial charge in [-0.25, -0.2) is 0 Å². The van der Waals surface area contributed by atoms with Crippen molar-refractivity contribution in [2.45, 2.75) is 31.5 Å². The van der Waals surface area contributed by atoms with Crippen LogP contribution in [0.4, 0.5) is 13.2 Å². The normalized spacial score (nSPS) is 20.6. The highest BCUT2D eigenvalue weighted by molar-refractivity contribution is 5.82. The van der Waals surface area contributed by atoms with Crippen LogP contribution >= 0.6 is 0 Å². The van der Waals surface area contributed by atoms with Gasteiger partial charge < -0.3 is 4.90 Å². The fourth-order valence-corrected chi connectivity index (χ4v) is 2.98. The number of likely N-dealkylation sites (N-methyl/N-ethyl adjacent to an activating group) is 1. The van der Waals surface area contributed by atoms with Crippen molar-refractivity contribution < 1.29 is 18.0 Å². The second-order valence-corrected chi connectivity index (χ2v) is 6.33. The smallest absolute Gasteiger partial charge is 0.341 e. The number of rotatable bonds is 4. The van der Waals surface area contributed by atoms with Gasteiger partial charge in [0.05, 0.1) is 12.0 Å². The molecule has 0 aromatic heterocycles. The van der Waals surface area contributed by atoms with Crippen molar-refractivity contribution in [3.63, 3.8) is 0 Å². The molecule has 2 atom stereocenters. The minimum Gasteiger partial charge on any atom is -0.341 e. The van der Waals surface area contributed by atoms with E-state index in [1.54, 1.807) is 19.0 Å². The topological polar surface area (TPSA) is 23.6 Å². The maximum Gasteiger partial charge on any atom is 0.393 e. The third kappa shape index (κ3) is 4.70. The number of hydrogen-bond donors (Lipinski definition) is 0. The summed E-state index contributed by atoms with van der Waals surface area (Å²) < 4.78 is 38.8. The third-order valence-corrected chi connectivity index (χ3v) is 4.38. The zero-order valence-corrected chi connectivity index (χ0v) is 13.5. The lowest BCUT2D eigenvalue weighted by Gasteiger charge is -2.37. The van der Waals surface area contributed by atoms with E-state index in [0.29, 0.717) is 19.4 Å². The lowest BCUT2D eigenvalue weighted by molar-refractivity contribution is -0.188. The highest BCUT2D eigenvalue weighted by atomic mass is 19.4. The van der Waals surface area contributed by atoms with Gasteiger partial charge in [0.1, 0.15) is 0 Å². The first kappa shape index (κ1) is 17.8. The predicted octanol–water partition coefficient (Wildman–Crippen LogP) is 2.96. The Bertz CT molecular complexity index is 516. The Morgan fingerprint density at radius 3 is 2.52 bits per heavy atom. The number of nitrogens with zero attached hydrogens (tertiary/aromatic N) is 2. The summed E-state index contributed by atoms with van der Waals surface area (Å²) in [5.41, 5.74) is 1.00. The summed E-state index contributed by atoms with van der Waals surface area (Å²) in [5.74, 6) is -1.62. The fourth-order valence-electron chi connectivity index (χ4n) is 2.98. The number of carbonyl (C=O) groups excluding carboxylic acids is 1. The molecular formula is C17H23F3N2O. The molecule has 1 aliphatic rings. The Labute approximate surface area is 135 Å². The van der Waals surface area contributed by atoms with E-state index in [0.717, 1.165) is 5.56 Å². The van der Waals surface area contributed by atoms with Gasteiger partial charge in [-0.3, -0.25) is 9.69 Å². The molecule has 1 amide bonds. The first-order valence-electron chi connectivity index (χ1n) is 7.85. The van der Waals surface area contributed by atoms with E-state index >= 15 is 0 Å². The van der Waals surface area contributed by atoms with E-state index in [9.17, 15) is 18.0 Å². The monoisotopic (exact) mass is 328 g/mol. The van der Waals surface area contributed by atoms with Crippen LogP contribution in [0.2, 0.25) is 0 Å². The van der Waals surface area contributed by atoms with Crippen LogP contribution in [0.3, 0.4) is 0 Å². The van der Waals surface area contributed by atoms with E-state index in [2.05, 4.69) is 0 Å². The molecule has 0 saturated carbocycles. The Morgan fingerprint density at radius 2 is 1.96 bits per heavy atom. The Balaban J connectivity index is 2.08. The number of piperidine rings is 1. The number of alkyl halides is 3. The quantitative estimate of drug-likeness (QED) is 0.848. The molecule has 0 spiro atoms. The van der Waals surface area contributed by atoms with E-state index < -0.39 is 18.1 Å². The summed E-state index contributed by atoms with van der Waals surface area (Å²) in [6.45, 7) is 0.187. The molecule has 0 unspecified atom stereocenters. The summed E-state index contributed by atoms with van der Waals surface area (Å²) in [5, 5.41) is 0. The molecule has 23 heavy (non-hydrogen) atoms. The molecule has 0 aliphatic carbocycles. The van der Waals surface area contributed by atoms with E-state index in [4.69, 9.17) is 0 Å². The summed E-state index contributed by atoms with van der Waals surface area (Å²) >= 11 is 0. The summed E-state index contributed by atoms with van der Waals surface area (Å²) in [7, 11) is 3.58. The van der Waals surface area contributed by atoms with E-state index in [-0.39, 0.29) is 18.9 Å². The molecule has 1 aliphatic heterocycles. The molecule has 1 fully saturated rings. The molecule has 128 valence electrons. The van der Waals surface area contributed by atoms with Crippen LogP contribution in [-0.2, 0) is 11.2 Å². The van der Waals surface area contributed by atoms with Gasteiger partial charge in [-0.1, -0.05) is 30.3 Å². The predicted molar refractivity (Wildman–Crippen MR) is 83.0 cm³/mol. The number of benzene rings is 1. The Hall–Kier alpha value is -1.56. The number of hydrogen-bond acceptors (Lipinski definition) is 2. The second-order valence-electron chi connectivity index (χ2n) is 6.33. The van der Waals surface area contributed by atoms with Crippen molar-refractivity contribution in [1.29, 1.82) is 0 Å². The van der Waals surface area contributed by atoms with Crippen molar-refractivity contribution in [3.8, 4) is 0 Å².